The van der Waals surface area contributed by atoms with E-state index in [0.29, 0.717) is 11.1 Å². The average molecular weight is 317 g/mol. The highest BCUT2D eigenvalue weighted by Gasteiger charge is 2.06. The topological polar surface area (TPSA) is 12.9 Å². The lowest BCUT2D eigenvalue weighted by Crippen LogP contribution is -1.90. The zero-order chi connectivity index (χ0) is 10.8. The lowest BCUT2D eigenvalue weighted by molar-refractivity contribution is 0.586. The molecule has 76 valence electrons. The molecule has 0 radical (unpaired) electrons. The van der Waals surface area contributed by atoms with Gasteiger partial charge in [0.15, 0.2) is 0 Å². The van der Waals surface area contributed by atoms with Crippen LogP contribution in [0.25, 0.3) is 11.1 Å². The van der Waals surface area contributed by atoms with Crippen molar-refractivity contribution in [3.63, 3.8) is 0 Å². The molecule has 0 aliphatic carbocycles. The Kier molecular flexibility index (Phi) is 2.95. The average Bonchev–Trinajstić information content (AvgIpc) is 2.23. The molecule has 1 nitrogen and oxygen atoms in total. The van der Waals surface area contributed by atoms with Gasteiger partial charge in [0.05, 0.1) is 0 Å². The number of nitrogens with zero attached hydrogens (tertiary/aromatic N) is 1. The lowest BCUT2D eigenvalue weighted by atomic mass is 10.1. The fraction of sp³-hybridized carbons (Fsp3) is 0. The number of pyridine rings is 1. The predicted octanol–water partition coefficient (Wildman–Crippen LogP) is 3.63. The van der Waals surface area contributed by atoms with Crippen LogP contribution in [0.5, 0.6) is 0 Å². The molecule has 1 heterocycles. The third kappa shape index (κ3) is 2.31. The van der Waals surface area contributed by atoms with E-state index in [2.05, 4.69) is 27.6 Å². The molecule has 0 fully saturated rings. The van der Waals surface area contributed by atoms with Gasteiger partial charge < -0.3 is 0 Å². The molecule has 0 unspecified atom stereocenters. The van der Waals surface area contributed by atoms with Crippen LogP contribution in [-0.4, -0.2) is 4.98 Å². The Labute approximate surface area is 99.3 Å². The van der Waals surface area contributed by atoms with Gasteiger partial charge in [-0.15, -0.1) is 0 Å². The van der Waals surface area contributed by atoms with Crippen molar-refractivity contribution in [3.05, 3.63) is 51.9 Å². The highest BCUT2D eigenvalue weighted by Crippen LogP contribution is 2.23. The normalized spacial score (nSPS) is 10.3. The molecule has 0 bridgehead atoms. The lowest BCUT2D eigenvalue weighted by Gasteiger charge is -2.02. The summed E-state index contributed by atoms with van der Waals surface area (Å²) in [6.45, 7) is 0. The quantitative estimate of drug-likeness (QED) is 0.578. The minimum atomic E-state index is -0.540. The van der Waals surface area contributed by atoms with E-state index in [4.69, 9.17) is 0 Å². The molecular weight excluding hydrogens is 311 g/mol. The van der Waals surface area contributed by atoms with Crippen LogP contribution in [0.4, 0.5) is 8.78 Å². The van der Waals surface area contributed by atoms with Crippen LogP contribution in [0.2, 0.25) is 0 Å². The second kappa shape index (κ2) is 4.22. The third-order valence-electron chi connectivity index (χ3n) is 1.96. The fourth-order valence-corrected chi connectivity index (χ4v) is 1.71. The molecular formula is C11H6F2IN. The molecule has 2 aromatic rings. The second-order valence-electron chi connectivity index (χ2n) is 3.00. The van der Waals surface area contributed by atoms with Gasteiger partial charge in [0, 0.05) is 15.3 Å². The van der Waals surface area contributed by atoms with Crippen LogP contribution in [-0.2, 0) is 0 Å². The Bertz CT molecular complexity index is 482. The molecule has 2 rings (SSSR count). The third-order valence-corrected chi connectivity index (χ3v) is 2.55. The molecule has 0 spiro atoms. The molecule has 15 heavy (non-hydrogen) atoms. The predicted molar refractivity (Wildman–Crippen MR) is 62.3 cm³/mol. The Morgan fingerprint density at radius 2 is 1.73 bits per heavy atom. The Morgan fingerprint density at radius 3 is 2.40 bits per heavy atom. The van der Waals surface area contributed by atoms with E-state index >= 15 is 0 Å². The van der Waals surface area contributed by atoms with Gasteiger partial charge in [0.25, 0.3) is 0 Å². The summed E-state index contributed by atoms with van der Waals surface area (Å²) in [6, 6.07) is 7.34. The number of aromatic nitrogens is 1. The highest BCUT2D eigenvalue weighted by atomic mass is 127. The first kappa shape index (κ1) is 10.5. The van der Waals surface area contributed by atoms with Crippen LogP contribution in [0.15, 0.2) is 36.5 Å². The number of benzene rings is 1. The zero-order valence-corrected chi connectivity index (χ0v) is 9.70. The largest absolute Gasteiger partial charge is 0.227 e. The Balaban J connectivity index is 2.53. The maximum Gasteiger partial charge on any atom is 0.220 e. The van der Waals surface area contributed by atoms with E-state index in [9.17, 15) is 8.78 Å². The fourth-order valence-electron chi connectivity index (χ4n) is 1.25. The first-order valence-electron chi connectivity index (χ1n) is 4.24. The molecule has 0 saturated carbocycles. The van der Waals surface area contributed by atoms with Gasteiger partial charge >= 0.3 is 0 Å². The first-order valence-corrected chi connectivity index (χ1v) is 5.31. The maximum absolute atomic E-state index is 13.3. The summed E-state index contributed by atoms with van der Waals surface area (Å²) in [5.41, 5.74) is 1.02. The van der Waals surface area contributed by atoms with Crippen LogP contribution in [0.3, 0.4) is 0 Å². The van der Waals surface area contributed by atoms with Gasteiger partial charge in [-0.3, -0.25) is 0 Å². The molecule has 1 aromatic heterocycles. The van der Waals surface area contributed by atoms with Crippen LogP contribution in [0.1, 0.15) is 0 Å². The minimum Gasteiger partial charge on any atom is -0.227 e. The standard InChI is InChI=1S/C11H6F2IN/c12-8-3-1-7(2-4-8)10-5-9(14)6-15-11(10)13/h1-6H. The van der Waals surface area contributed by atoms with Crippen molar-refractivity contribution in [3.8, 4) is 11.1 Å². The van der Waals surface area contributed by atoms with Gasteiger partial charge in [0.1, 0.15) is 5.82 Å². The summed E-state index contributed by atoms with van der Waals surface area (Å²) in [6.07, 6.45) is 1.45. The molecule has 0 saturated heterocycles. The summed E-state index contributed by atoms with van der Waals surface area (Å²) in [5, 5.41) is 0. The van der Waals surface area contributed by atoms with Crippen molar-refractivity contribution in [1.82, 2.24) is 4.98 Å². The molecule has 0 amide bonds. The van der Waals surface area contributed by atoms with Gasteiger partial charge in [-0.05, 0) is 46.4 Å². The van der Waals surface area contributed by atoms with Crippen molar-refractivity contribution < 1.29 is 8.78 Å². The van der Waals surface area contributed by atoms with Crippen LogP contribution >= 0.6 is 22.6 Å². The van der Waals surface area contributed by atoms with Crippen molar-refractivity contribution in [2.24, 2.45) is 0 Å². The van der Waals surface area contributed by atoms with Crippen LogP contribution < -0.4 is 0 Å². The van der Waals surface area contributed by atoms with Crippen LogP contribution in [0, 0.1) is 15.3 Å². The van der Waals surface area contributed by atoms with E-state index < -0.39 is 5.95 Å². The van der Waals surface area contributed by atoms with Gasteiger partial charge in [-0.2, -0.15) is 4.39 Å². The molecule has 0 aliphatic heterocycles. The first-order chi connectivity index (χ1) is 7.16. The van der Waals surface area contributed by atoms with E-state index in [-0.39, 0.29) is 5.82 Å². The summed E-state index contributed by atoms with van der Waals surface area (Å²) in [5.74, 6) is -0.875. The van der Waals surface area contributed by atoms with E-state index in [1.165, 1.54) is 30.5 Å². The van der Waals surface area contributed by atoms with Gasteiger partial charge in [-0.1, -0.05) is 12.1 Å². The van der Waals surface area contributed by atoms with Gasteiger partial charge in [-0.25, -0.2) is 9.37 Å². The molecule has 0 atom stereocenters. The summed E-state index contributed by atoms with van der Waals surface area (Å²) in [4.78, 5) is 3.61. The highest BCUT2D eigenvalue weighted by molar-refractivity contribution is 14.1. The Hall–Kier alpha value is -1.04. The summed E-state index contributed by atoms with van der Waals surface area (Å²) < 4.78 is 26.9. The number of hydrogen-bond acceptors (Lipinski definition) is 1. The second-order valence-corrected chi connectivity index (χ2v) is 4.24. The minimum absolute atomic E-state index is 0.335. The van der Waals surface area contributed by atoms with Crippen molar-refractivity contribution >= 4 is 22.6 Å². The SMILES string of the molecule is Fc1ccc(-c2cc(I)cnc2F)cc1. The van der Waals surface area contributed by atoms with Crippen molar-refractivity contribution in [2.75, 3.05) is 0 Å². The number of hydrogen-bond donors (Lipinski definition) is 0. The molecule has 1 aromatic carbocycles. The maximum atomic E-state index is 13.3. The monoisotopic (exact) mass is 317 g/mol. The number of halogens is 3. The van der Waals surface area contributed by atoms with E-state index in [1.54, 1.807) is 6.07 Å². The van der Waals surface area contributed by atoms with Crippen molar-refractivity contribution in [1.29, 1.82) is 0 Å². The number of rotatable bonds is 1. The zero-order valence-electron chi connectivity index (χ0n) is 7.55. The van der Waals surface area contributed by atoms with Gasteiger partial charge in [0.2, 0.25) is 5.95 Å². The van der Waals surface area contributed by atoms with E-state index in [1.807, 2.05) is 0 Å². The summed E-state index contributed by atoms with van der Waals surface area (Å²) in [7, 11) is 0. The molecule has 4 heteroatoms. The Morgan fingerprint density at radius 1 is 1.07 bits per heavy atom. The van der Waals surface area contributed by atoms with E-state index in [0.717, 1.165) is 3.57 Å². The molecule has 0 aliphatic rings. The molecule has 0 N–H and O–H groups in total. The summed E-state index contributed by atoms with van der Waals surface area (Å²) >= 11 is 2.05. The smallest absolute Gasteiger partial charge is 0.220 e. The van der Waals surface area contributed by atoms with Crippen molar-refractivity contribution in [2.45, 2.75) is 0 Å².